The first-order valence-corrected chi connectivity index (χ1v) is 7.86. The molecule has 2 aromatic carbocycles. The van der Waals surface area contributed by atoms with Crippen LogP contribution in [0.5, 0.6) is 0 Å². The predicted molar refractivity (Wildman–Crippen MR) is 95.2 cm³/mol. The number of benzene rings is 2. The molecule has 0 saturated carbocycles. The molecule has 0 heterocycles. The fraction of sp³-hybridized carbons (Fsp3) is 0.222. The quantitative estimate of drug-likeness (QED) is 0.815. The highest BCUT2D eigenvalue weighted by Gasteiger charge is 2.07. The summed E-state index contributed by atoms with van der Waals surface area (Å²) in [5.41, 5.74) is 2.71. The SMILES string of the molecule is CCCCc1ccc(C(=O)NC(=S)Nc2ccccc2)cc1. The van der Waals surface area contributed by atoms with Gasteiger partial charge >= 0.3 is 0 Å². The van der Waals surface area contributed by atoms with Crippen LogP contribution >= 0.6 is 12.2 Å². The summed E-state index contributed by atoms with van der Waals surface area (Å²) in [6.07, 6.45) is 3.38. The van der Waals surface area contributed by atoms with Crippen LogP contribution in [0.3, 0.4) is 0 Å². The highest BCUT2D eigenvalue weighted by molar-refractivity contribution is 7.80. The number of aryl methyl sites for hydroxylation is 1. The Hall–Kier alpha value is -2.20. The summed E-state index contributed by atoms with van der Waals surface area (Å²) in [6.45, 7) is 2.17. The molecular weight excluding hydrogens is 292 g/mol. The second kappa shape index (κ2) is 8.29. The van der Waals surface area contributed by atoms with Crippen LogP contribution in [0.4, 0.5) is 5.69 Å². The number of nitrogens with one attached hydrogen (secondary N) is 2. The summed E-state index contributed by atoms with van der Waals surface area (Å²) in [5.74, 6) is -0.199. The lowest BCUT2D eigenvalue weighted by molar-refractivity contribution is 0.0977. The number of para-hydroxylation sites is 1. The van der Waals surface area contributed by atoms with Gasteiger partial charge in [-0.05, 0) is 54.9 Å². The fourth-order valence-corrected chi connectivity index (χ4v) is 2.27. The van der Waals surface area contributed by atoms with Crippen LogP contribution < -0.4 is 10.6 Å². The van der Waals surface area contributed by atoms with Crippen molar-refractivity contribution in [1.82, 2.24) is 5.32 Å². The van der Waals surface area contributed by atoms with E-state index in [-0.39, 0.29) is 5.91 Å². The molecule has 2 aromatic rings. The summed E-state index contributed by atoms with van der Waals surface area (Å²) >= 11 is 5.15. The van der Waals surface area contributed by atoms with Crippen LogP contribution in [0.25, 0.3) is 0 Å². The number of carbonyl (C=O) groups is 1. The van der Waals surface area contributed by atoms with Gasteiger partial charge in [0.15, 0.2) is 5.11 Å². The smallest absolute Gasteiger partial charge is 0.257 e. The number of hydrogen-bond acceptors (Lipinski definition) is 2. The molecule has 0 fully saturated rings. The highest BCUT2D eigenvalue weighted by Crippen LogP contribution is 2.08. The summed E-state index contributed by atoms with van der Waals surface area (Å²) in [6, 6.07) is 17.2. The minimum Gasteiger partial charge on any atom is -0.332 e. The molecule has 114 valence electrons. The van der Waals surface area contributed by atoms with E-state index in [9.17, 15) is 4.79 Å². The topological polar surface area (TPSA) is 41.1 Å². The van der Waals surface area contributed by atoms with E-state index in [4.69, 9.17) is 12.2 Å². The Labute approximate surface area is 136 Å². The van der Waals surface area contributed by atoms with E-state index in [1.165, 1.54) is 12.0 Å². The zero-order valence-electron chi connectivity index (χ0n) is 12.6. The van der Waals surface area contributed by atoms with Crippen molar-refractivity contribution in [3.05, 3.63) is 65.7 Å². The normalized spacial score (nSPS) is 10.0. The molecule has 4 heteroatoms. The average molecular weight is 312 g/mol. The third-order valence-electron chi connectivity index (χ3n) is 3.29. The van der Waals surface area contributed by atoms with Crippen LogP contribution in [0.15, 0.2) is 54.6 Å². The van der Waals surface area contributed by atoms with E-state index in [2.05, 4.69) is 17.6 Å². The third-order valence-corrected chi connectivity index (χ3v) is 3.50. The minimum atomic E-state index is -0.199. The molecule has 0 aliphatic heterocycles. The minimum absolute atomic E-state index is 0.199. The monoisotopic (exact) mass is 312 g/mol. The molecule has 22 heavy (non-hydrogen) atoms. The second-order valence-corrected chi connectivity index (χ2v) is 5.48. The maximum Gasteiger partial charge on any atom is 0.257 e. The Bertz CT molecular complexity index is 623. The Morgan fingerprint density at radius 1 is 1.05 bits per heavy atom. The Kier molecular flexibility index (Phi) is 6.10. The van der Waals surface area contributed by atoms with Gasteiger partial charge in [-0.1, -0.05) is 43.7 Å². The molecule has 0 saturated heterocycles. The number of amides is 1. The van der Waals surface area contributed by atoms with Gasteiger partial charge in [0.1, 0.15) is 0 Å². The van der Waals surface area contributed by atoms with E-state index >= 15 is 0 Å². The van der Waals surface area contributed by atoms with Gasteiger partial charge in [-0.3, -0.25) is 10.1 Å². The van der Waals surface area contributed by atoms with E-state index in [0.29, 0.717) is 10.7 Å². The van der Waals surface area contributed by atoms with Crippen LogP contribution in [0.1, 0.15) is 35.7 Å². The molecule has 3 nitrogen and oxygen atoms in total. The average Bonchev–Trinajstić information content (AvgIpc) is 2.54. The van der Waals surface area contributed by atoms with Gasteiger partial charge in [-0.25, -0.2) is 0 Å². The largest absolute Gasteiger partial charge is 0.332 e. The first-order chi connectivity index (χ1) is 10.7. The molecule has 0 spiro atoms. The van der Waals surface area contributed by atoms with Crippen LogP contribution in [0, 0.1) is 0 Å². The summed E-state index contributed by atoms with van der Waals surface area (Å²) in [7, 11) is 0. The lowest BCUT2D eigenvalue weighted by Gasteiger charge is -2.09. The van der Waals surface area contributed by atoms with Crippen molar-refractivity contribution in [2.75, 3.05) is 5.32 Å². The van der Waals surface area contributed by atoms with Gasteiger partial charge in [0.2, 0.25) is 0 Å². The number of carbonyl (C=O) groups excluding carboxylic acids is 1. The molecule has 0 aliphatic carbocycles. The lowest BCUT2D eigenvalue weighted by Crippen LogP contribution is -2.34. The van der Waals surface area contributed by atoms with Gasteiger partial charge in [-0.15, -0.1) is 0 Å². The molecular formula is C18H20N2OS. The predicted octanol–water partition coefficient (Wildman–Crippen LogP) is 4.16. The number of anilines is 1. The highest BCUT2D eigenvalue weighted by atomic mass is 32.1. The zero-order chi connectivity index (χ0) is 15.8. The maximum absolute atomic E-state index is 12.1. The van der Waals surface area contributed by atoms with Gasteiger partial charge < -0.3 is 5.32 Å². The lowest BCUT2D eigenvalue weighted by atomic mass is 10.1. The Morgan fingerprint density at radius 2 is 1.73 bits per heavy atom. The van der Waals surface area contributed by atoms with Crippen molar-refractivity contribution in [3.8, 4) is 0 Å². The van der Waals surface area contributed by atoms with Crippen molar-refractivity contribution in [3.63, 3.8) is 0 Å². The molecule has 2 N–H and O–H groups in total. The molecule has 0 atom stereocenters. The first-order valence-electron chi connectivity index (χ1n) is 7.45. The standard InChI is InChI=1S/C18H20N2OS/c1-2-3-7-14-10-12-15(13-11-14)17(21)20-18(22)19-16-8-5-4-6-9-16/h4-6,8-13H,2-3,7H2,1H3,(H2,19,20,21,22). The Morgan fingerprint density at radius 3 is 2.36 bits per heavy atom. The van der Waals surface area contributed by atoms with Crippen molar-refractivity contribution in [1.29, 1.82) is 0 Å². The summed E-state index contributed by atoms with van der Waals surface area (Å²) < 4.78 is 0. The zero-order valence-corrected chi connectivity index (χ0v) is 13.5. The third kappa shape index (κ3) is 4.97. The molecule has 0 aliphatic rings. The summed E-state index contributed by atoms with van der Waals surface area (Å²) in [4.78, 5) is 12.1. The maximum atomic E-state index is 12.1. The van der Waals surface area contributed by atoms with Crippen molar-refractivity contribution in [2.24, 2.45) is 0 Å². The van der Waals surface area contributed by atoms with Gasteiger partial charge in [0, 0.05) is 11.3 Å². The molecule has 2 rings (SSSR count). The van der Waals surface area contributed by atoms with Crippen molar-refractivity contribution < 1.29 is 4.79 Å². The van der Waals surface area contributed by atoms with Crippen molar-refractivity contribution in [2.45, 2.75) is 26.2 Å². The van der Waals surface area contributed by atoms with E-state index < -0.39 is 0 Å². The van der Waals surface area contributed by atoms with E-state index in [1.54, 1.807) is 0 Å². The number of thiocarbonyl (C=S) groups is 1. The number of rotatable bonds is 5. The molecule has 0 aromatic heterocycles. The van der Waals surface area contributed by atoms with Crippen LogP contribution in [0.2, 0.25) is 0 Å². The molecule has 0 unspecified atom stereocenters. The van der Waals surface area contributed by atoms with Crippen molar-refractivity contribution >= 4 is 28.9 Å². The second-order valence-electron chi connectivity index (χ2n) is 5.07. The molecule has 0 radical (unpaired) electrons. The van der Waals surface area contributed by atoms with E-state index in [0.717, 1.165) is 18.5 Å². The van der Waals surface area contributed by atoms with E-state index in [1.807, 2.05) is 54.6 Å². The number of hydrogen-bond donors (Lipinski definition) is 2. The van der Waals surface area contributed by atoms with Gasteiger partial charge in [-0.2, -0.15) is 0 Å². The molecule has 0 bridgehead atoms. The van der Waals surface area contributed by atoms with Crippen LogP contribution in [-0.4, -0.2) is 11.0 Å². The number of unbranched alkanes of at least 4 members (excludes halogenated alkanes) is 1. The first kappa shape index (κ1) is 16.2. The van der Waals surface area contributed by atoms with Gasteiger partial charge in [0.25, 0.3) is 5.91 Å². The van der Waals surface area contributed by atoms with Gasteiger partial charge in [0.05, 0.1) is 0 Å². The van der Waals surface area contributed by atoms with Crippen LogP contribution in [-0.2, 0) is 6.42 Å². The Balaban J connectivity index is 1.90. The molecule has 1 amide bonds. The fourth-order valence-electron chi connectivity index (χ4n) is 2.06. The summed E-state index contributed by atoms with van der Waals surface area (Å²) in [5, 5.41) is 5.97.